The van der Waals surface area contributed by atoms with E-state index in [-0.39, 0.29) is 0 Å². The van der Waals surface area contributed by atoms with Gasteiger partial charge in [0.05, 0.1) is 9.50 Å². The Morgan fingerprint density at radius 2 is 1.63 bits per heavy atom. The summed E-state index contributed by atoms with van der Waals surface area (Å²) in [5.74, 6) is 0.747. The van der Waals surface area contributed by atoms with Crippen LogP contribution < -0.4 is 10.1 Å². The molecule has 0 heterocycles. The second-order valence-corrected chi connectivity index (χ2v) is 8.73. The van der Waals surface area contributed by atoms with Crippen LogP contribution in [-0.2, 0) is 13.2 Å². The zero-order valence-electron chi connectivity index (χ0n) is 13.9. The molecule has 0 aromatic heterocycles. The molecule has 0 saturated heterocycles. The zero-order chi connectivity index (χ0) is 19.4. The Hall–Kier alpha value is -0.910. The number of halogens is 5. The van der Waals surface area contributed by atoms with E-state index in [0.29, 0.717) is 28.2 Å². The Labute approximate surface area is 190 Å². The minimum atomic E-state index is 0.365. The summed E-state index contributed by atoms with van der Waals surface area (Å²) in [6, 6.07) is 17.1. The van der Waals surface area contributed by atoms with Gasteiger partial charge in [-0.25, -0.2) is 0 Å². The van der Waals surface area contributed by atoms with Crippen molar-refractivity contribution in [1.29, 1.82) is 0 Å². The van der Waals surface area contributed by atoms with Crippen LogP contribution in [0.1, 0.15) is 11.1 Å². The maximum absolute atomic E-state index is 6.18. The number of ether oxygens (including phenoxy) is 1. The third-order valence-electron chi connectivity index (χ3n) is 3.81. The normalized spacial score (nSPS) is 10.7. The van der Waals surface area contributed by atoms with Crippen LogP contribution in [0.25, 0.3) is 0 Å². The van der Waals surface area contributed by atoms with Gasteiger partial charge in [-0.1, -0.05) is 46.9 Å². The van der Waals surface area contributed by atoms with Crippen molar-refractivity contribution in [2.45, 2.75) is 13.2 Å². The van der Waals surface area contributed by atoms with Crippen LogP contribution in [-0.4, -0.2) is 0 Å². The molecule has 0 aliphatic rings. The molecule has 0 saturated carbocycles. The topological polar surface area (TPSA) is 21.3 Å². The van der Waals surface area contributed by atoms with Crippen molar-refractivity contribution in [3.63, 3.8) is 0 Å². The number of nitrogens with one attached hydrogen (secondary N) is 1. The van der Waals surface area contributed by atoms with Gasteiger partial charge in [-0.05, 0) is 79.9 Å². The third-order valence-corrected chi connectivity index (χ3v) is 6.25. The third kappa shape index (κ3) is 5.78. The van der Waals surface area contributed by atoms with Gasteiger partial charge in [0.15, 0.2) is 0 Å². The smallest absolute Gasteiger partial charge is 0.134 e. The minimum absolute atomic E-state index is 0.365. The van der Waals surface area contributed by atoms with Gasteiger partial charge in [-0.2, -0.15) is 0 Å². The van der Waals surface area contributed by atoms with E-state index < -0.39 is 0 Å². The highest BCUT2D eigenvalue weighted by atomic mass is 79.9. The molecule has 0 aliphatic carbocycles. The first-order valence-corrected chi connectivity index (χ1v) is 10.7. The lowest BCUT2D eigenvalue weighted by molar-refractivity contribution is 0.304. The minimum Gasteiger partial charge on any atom is -0.488 e. The van der Waals surface area contributed by atoms with E-state index in [0.717, 1.165) is 31.5 Å². The number of hydrogen-bond acceptors (Lipinski definition) is 2. The van der Waals surface area contributed by atoms with Crippen molar-refractivity contribution in [3.05, 3.63) is 89.7 Å². The van der Waals surface area contributed by atoms with Crippen molar-refractivity contribution in [2.24, 2.45) is 0 Å². The lowest BCUT2D eigenvalue weighted by atomic mass is 10.2. The first kappa shape index (κ1) is 20.8. The van der Waals surface area contributed by atoms with Gasteiger partial charge >= 0.3 is 0 Å². The lowest BCUT2D eigenvalue weighted by Crippen LogP contribution is -2.01. The van der Waals surface area contributed by atoms with E-state index in [1.807, 2.05) is 42.5 Å². The molecule has 27 heavy (non-hydrogen) atoms. The van der Waals surface area contributed by atoms with E-state index in [9.17, 15) is 0 Å². The number of benzene rings is 3. The molecule has 0 spiro atoms. The van der Waals surface area contributed by atoms with Gasteiger partial charge < -0.3 is 10.1 Å². The summed E-state index contributed by atoms with van der Waals surface area (Å²) >= 11 is 25.2. The number of anilines is 1. The molecule has 0 aliphatic heterocycles. The molecular weight excluding hydrogens is 536 g/mol. The Kier molecular flexibility index (Phi) is 7.35. The first-order chi connectivity index (χ1) is 12.9. The summed E-state index contributed by atoms with van der Waals surface area (Å²) < 4.78 is 7.62. The van der Waals surface area contributed by atoms with Crippen LogP contribution in [0, 0.1) is 0 Å². The summed E-state index contributed by atoms with van der Waals surface area (Å²) in [6.45, 7) is 1.03. The van der Waals surface area contributed by atoms with Crippen molar-refractivity contribution in [3.8, 4) is 5.75 Å². The van der Waals surface area contributed by atoms with Gasteiger partial charge in [-0.3, -0.25) is 0 Å². The van der Waals surface area contributed by atoms with E-state index in [2.05, 4.69) is 37.2 Å². The highest BCUT2D eigenvalue weighted by Crippen LogP contribution is 2.29. The summed E-state index contributed by atoms with van der Waals surface area (Å²) in [6.07, 6.45) is 0. The number of hydrogen-bond donors (Lipinski definition) is 1. The van der Waals surface area contributed by atoms with Crippen molar-refractivity contribution < 1.29 is 4.74 Å². The summed E-state index contributed by atoms with van der Waals surface area (Å²) in [4.78, 5) is 0. The van der Waals surface area contributed by atoms with Gasteiger partial charge in [0, 0.05) is 32.3 Å². The highest BCUT2D eigenvalue weighted by molar-refractivity contribution is 9.10. The van der Waals surface area contributed by atoms with Crippen LogP contribution >= 0.6 is 66.7 Å². The molecule has 0 fully saturated rings. The van der Waals surface area contributed by atoms with Crippen LogP contribution in [0.2, 0.25) is 15.1 Å². The molecular formula is C20H14Br2Cl3NO. The van der Waals surface area contributed by atoms with E-state index >= 15 is 0 Å². The fourth-order valence-electron chi connectivity index (χ4n) is 2.38. The predicted octanol–water partition coefficient (Wildman–Crippen LogP) is 8.36. The molecule has 0 atom stereocenters. The Morgan fingerprint density at radius 3 is 2.33 bits per heavy atom. The van der Waals surface area contributed by atoms with E-state index in [1.54, 1.807) is 12.1 Å². The summed E-state index contributed by atoms with van der Waals surface area (Å²) in [5, 5.41) is 5.22. The van der Waals surface area contributed by atoms with E-state index in [4.69, 9.17) is 39.5 Å². The number of rotatable bonds is 6. The maximum Gasteiger partial charge on any atom is 0.134 e. The fraction of sp³-hybridized carbons (Fsp3) is 0.100. The molecule has 3 aromatic rings. The lowest BCUT2D eigenvalue weighted by Gasteiger charge is -2.12. The average molecular weight is 551 g/mol. The summed E-state index contributed by atoms with van der Waals surface area (Å²) in [5.41, 5.74) is 2.95. The standard InChI is InChI=1S/C20H14Br2Cl3NO/c21-16-5-4-15(9-19(16)25)26-10-12-1-6-20(17(22)7-12)27-11-13-2-3-14(23)8-18(13)24/h1-9,26H,10-11H2. The zero-order valence-corrected chi connectivity index (χ0v) is 19.3. The molecule has 3 rings (SSSR count). The Balaban J connectivity index is 1.62. The first-order valence-electron chi connectivity index (χ1n) is 7.96. The van der Waals surface area contributed by atoms with Gasteiger partial charge in [0.25, 0.3) is 0 Å². The van der Waals surface area contributed by atoms with Crippen LogP contribution in [0.3, 0.4) is 0 Å². The maximum atomic E-state index is 6.18. The van der Waals surface area contributed by atoms with Crippen molar-refractivity contribution in [2.75, 3.05) is 5.32 Å². The predicted molar refractivity (Wildman–Crippen MR) is 121 cm³/mol. The average Bonchev–Trinajstić information content (AvgIpc) is 2.63. The second-order valence-electron chi connectivity index (χ2n) is 5.77. The SMILES string of the molecule is Clc1ccc(COc2ccc(CNc3ccc(Br)c(Cl)c3)cc2Br)c(Cl)c1. The molecule has 7 heteroatoms. The quantitative estimate of drug-likeness (QED) is 0.333. The molecule has 3 aromatic carbocycles. The van der Waals surface area contributed by atoms with Gasteiger partial charge in [0.1, 0.15) is 12.4 Å². The highest BCUT2D eigenvalue weighted by Gasteiger charge is 2.07. The van der Waals surface area contributed by atoms with Gasteiger partial charge in [0.2, 0.25) is 0 Å². The largest absolute Gasteiger partial charge is 0.488 e. The summed E-state index contributed by atoms with van der Waals surface area (Å²) in [7, 11) is 0. The van der Waals surface area contributed by atoms with Crippen LogP contribution in [0.5, 0.6) is 5.75 Å². The molecule has 140 valence electrons. The van der Waals surface area contributed by atoms with Gasteiger partial charge in [-0.15, -0.1) is 0 Å². The Bertz CT molecular complexity index is 966. The molecule has 0 radical (unpaired) electrons. The fourth-order valence-corrected chi connectivity index (χ4v) is 3.81. The molecule has 2 nitrogen and oxygen atoms in total. The molecule has 1 N–H and O–H groups in total. The molecule has 0 unspecified atom stereocenters. The van der Waals surface area contributed by atoms with Crippen molar-refractivity contribution >= 4 is 72.4 Å². The van der Waals surface area contributed by atoms with Crippen LogP contribution in [0.4, 0.5) is 5.69 Å². The monoisotopic (exact) mass is 547 g/mol. The molecule has 0 bridgehead atoms. The molecule has 0 amide bonds. The van der Waals surface area contributed by atoms with Crippen molar-refractivity contribution in [1.82, 2.24) is 0 Å². The second kappa shape index (κ2) is 9.53. The Morgan fingerprint density at radius 1 is 0.815 bits per heavy atom. The van der Waals surface area contributed by atoms with Crippen LogP contribution in [0.15, 0.2) is 63.5 Å². The van der Waals surface area contributed by atoms with E-state index in [1.165, 1.54) is 0 Å².